The first-order valence-electron chi connectivity index (χ1n) is 8.19. The van der Waals surface area contributed by atoms with E-state index in [1.807, 2.05) is 18.4 Å². The molecule has 0 unspecified atom stereocenters. The zero-order chi connectivity index (χ0) is 18.6. The number of rotatable bonds is 7. The Labute approximate surface area is 152 Å². The van der Waals surface area contributed by atoms with Crippen molar-refractivity contribution in [3.05, 3.63) is 51.8 Å². The molecule has 25 heavy (non-hydrogen) atoms. The van der Waals surface area contributed by atoms with Crippen molar-refractivity contribution >= 4 is 23.4 Å². The van der Waals surface area contributed by atoms with Gasteiger partial charge in [-0.1, -0.05) is 11.6 Å². The lowest BCUT2D eigenvalue weighted by atomic mass is 10.1. The van der Waals surface area contributed by atoms with Crippen molar-refractivity contribution in [3.8, 4) is 5.75 Å². The molecule has 0 fully saturated rings. The third-order valence-electron chi connectivity index (χ3n) is 4.01. The highest BCUT2D eigenvalue weighted by atomic mass is 35.5. The van der Waals surface area contributed by atoms with E-state index in [4.69, 9.17) is 21.1 Å². The second-order valence-electron chi connectivity index (χ2n) is 5.56. The van der Waals surface area contributed by atoms with Gasteiger partial charge in [0.05, 0.1) is 6.61 Å². The molecule has 0 saturated heterocycles. The van der Waals surface area contributed by atoms with Gasteiger partial charge in [-0.2, -0.15) is 0 Å². The second-order valence-corrected chi connectivity index (χ2v) is 6.00. The van der Waals surface area contributed by atoms with Gasteiger partial charge < -0.3 is 14.0 Å². The molecule has 1 heterocycles. The van der Waals surface area contributed by atoms with Crippen LogP contribution in [-0.4, -0.2) is 29.5 Å². The molecule has 0 aliphatic rings. The van der Waals surface area contributed by atoms with E-state index in [0.29, 0.717) is 34.1 Å². The second kappa shape index (κ2) is 8.21. The number of ketones is 1. The zero-order valence-electron chi connectivity index (χ0n) is 14.9. The third kappa shape index (κ3) is 4.04. The molecule has 0 bridgehead atoms. The van der Waals surface area contributed by atoms with Gasteiger partial charge >= 0.3 is 5.97 Å². The van der Waals surface area contributed by atoms with Crippen molar-refractivity contribution < 1.29 is 19.1 Å². The Morgan fingerprint density at radius 3 is 2.32 bits per heavy atom. The molecule has 0 radical (unpaired) electrons. The van der Waals surface area contributed by atoms with Crippen LogP contribution < -0.4 is 4.74 Å². The Morgan fingerprint density at radius 2 is 1.76 bits per heavy atom. The number of benzene rings is 1. The molecule has 2 rings (SSSR count). The largest absolute Gasteiger partial charge is 0.485 e. The number of Topliss-reactive ketones (excluding diaryl/α,β-unsaturated/α-hetero) is 1. The van der Waals surface area contributed by atoms with Crippen LogP contribution in [0.2, 0.25) is 5.02 Å². The summed E-state index contributed by atoms with van der Waals surface area (Å²) in [6.45, 7) is 8.02. The number of ether oxygens (including phenoxy) is 2. The van der Waals surface area contributed by atoms with Gasteiger partial charge in [0.15, 0.2) is 6.61 Å². The SMILES string of the molecule is CCOC(=O)c1c(C)c(C(=O)COc2ccc(Cl)cc2)c(C)n1CC. The summed E-state index contributed by atoms with van der Waals surface area (Å²) in [7, 11) is 0. The predicted octanol–water partition coefficient (Wildman–Crippen LogP) is 4.22. The maximum atomic E-state index is 12.7. The predicted molar refractivity (Wildman–Crippen MR) is 96.8 cm³/mol. The van der Waals surface area contributed by atoms with Crippen molar-refractivity contribution in [2.24, 2.45) is 0 Å². The van der Waals surface area contributed by atoms with Gasteiger partial charge in [0.2, 0.25) is 5.78 Å². The average molecular weight is 364 g/mol. The van der Waals surface area contributed by atoms with E-state index in [9.17, 15) is 9.59 Å². The van der Waals surface area contributed by atoms with Crippen molar-refractivity contribution in [1.82, 2.24) is 4.57 Å². The number of carbonyl (C=O) groups excluding carboxylic acids is 2. The van der Waals surface area contributed by atoms with Crippen molar-refractivity contribution in [2.45, 2.75) is 34.2 Å². The molecule has 0 saturated carbocycles. The summed E-state index contributed by atoms with van der Waals surface area (Å²) in [6.07, 6.45) is 0. The maximum absolute atomic E-state index is 12.7. The Kier molecular flexibility index (Phi) is 6.26. The molecule has 5 nitrogen and oxygen atoms in total. The summed E-state index contributed by atoms with van der Waals surface area (Å²) in [4.78, 5) is 24.9. The molecule has 0 aliphatic heterocycles. The van der Waals surface area contributed by atoms with Crippen molar-refractivity contribution in [1.29, 1.82) is 0 Å². The molecule has 1 aromatic carbocycles. The van der Waals surface area contributed by atoms with Crippen LogP contribution in [-0.2, 0) is 11.3 Å². The highest BCUT2D eigenvalue weighted by Gasteiger charge is 2.26. The van der Waals surface area contributed by atoms with Crippen LogP contribution in [0, 0.1) is 13.8 Å². The van der Waals surface area contributed by atoms with Gasteiger partial charge in [0, 0.05) is 22.8 Å². The van der Waals surface area contributed by atoms with E-state index in [1.54, 1.807) is 38.1 Å². The lowest BCUT2D eigenvalue weighted by Crippen LogP contribution is -2.13. The molecule has 6 heteroatoms. The first-order valence-corrected chi connectivity index (χ1v) is 8.56. The lowest BCUT2D eigenvalue weighted by Gasteiger charge is -2.08. The van der Waals surface area contributed by atoms with E-state index in [2.05, 4.69) is 0 Å². The van der Waals surface area contributed by atoms with Crippen LogP contribution in [0.5, 0.6) is 5.75 Å². The van der Waals surface area contributed by atoms with Crippen LogP contribution in [0.1, 0.15) is 46.0 Å². The van der Waals surface area contributed by atoms with Gasteiger partial charge in [0.25, 0.3) is 0 Å². The fourth-order valence-electron chi connectivity index (χ4n) is 2.92. The van der Waals surface area contributed by atoms with Gasteiger partial charge in [-0.05, 0) is 57.5 Å². The maximum Gasteiger partial charge on any atom is 0.355 e. The zero-order valence-corrected chi connectivity index (χ0v) is 15.6. The number of aromatic nitrogens is 1. The van der Waals surface area contributed by atoms with Crippen LogP contribution in [0.4, 0.5) is 0 Å². The topological polar surface area (TPSA) is 57.5 Å². The van der Waals surface area contributed by atoms with Gasteiger partial charge in [-0.25, -0.2) is 4.79 Å². The summed E-state index contributed by atoms with van der Waals surface area (Å²) in [6, 6.07) is 6.81. The van der Waals surface area contributed by atoms with E-state index >= 15 is 0 Å². The number of halogens is 1. The van der Waals surface area contributed by atoms with Crippen molar-refractivity contribution in [3.63, 3.8) is 0 Å². The van der Waals surface area contributed by atoms with Gasteiger partial charge in [-0.3, -0.25) is 4.79 Å². The molecule has 0 spiro atoms. The molecule has 2 aromatic rings. The smallest absolute Gasteiger partial charge is 0.355 e. The minimum Gasteiger partial charge on any atom is -0.485 e. The number of hydrogen-bond donors (Lipinski definition) is 0. The number of nitrogens with zero attached hydrogens (tertiary/aromatic N) is 1. The molecule has 134 valence electrons. The molecule has 0 atom stereocenters. The number of hydrogen-bond acceptors (Lipinski definition) is 4. The van der Waals surface area contributed by atoms with Crippen LogP contribution in [0.15, 0.2) is 24.3 Å². The van der Waals surface area contributed by atoms with Crippen LogP contribution >= 0.6 is 11.6 Å². The fraction of sp³-hybridized carbons (Fsp3) is 0.368. The molecule has 1 aromatic heterocycles. The normalized spacial score (nSPS) is 10.6. The Morgan fingerprint density at radius 1 is 1.12 bits per heavy atom. The molecule has 0 N–H and O–H groups in total. The average Bonchev–Trinajstić information content (AvgIpc) is 2.84. The van der Waals surface area contributed by atoms with Gasteiger partial charge in [-0.15, -0.1) is 0 Å². The number of carbonyl (C=O) groups is 2. The van der Waals surface area contributed by atoms with Crippen LogP contribution in [0.3, 0.4) is 0 Å². The summed E-state index contributed by atoms with van der Waals surface area (Å²) in [5, 5.41) is 0.601. The third-order valence-corrected chi connectivity index (χ3v) is 4.27. The van der Waals surface area contributed by atoms with E-state index in [1.165, 1.54) is 0 Å². The highest BCUT2D eigenvalue weighted by molar-refractivity contribution is 6.30. The van der Waals surface area contributed by atoms with Crippen molar-refractivity contribution in [2.75, 3.05) is 13.2 Å². The summed E-state index contributed by atoms with van der Waals surface area (Å²) >= 11 is 5.83. The quantitative estimate of drug-likeness (QED) is 0.546. The van der Waals surface area contributed by atoms with E-state index in [0.717, 1.165) is 5.69 Å². The Hall–Kier alpha value is -2.27. The minimum atomic E-state index is -0.414. The van der Waals surface area contributed by atoms with E-state index < -0.39 is 5.97 Å². The lowest BCUT2D eigenvalue weighted by molar-refractivity contribution is 0.0512. The van der Waals surface area contributed by atoms with E-state index in [-0.39, 0.29) is 19.0 Å². The Balaban J connectivity index is 2.27. The van der Waals surface area contributed by atoms with Gasteiger partial charge in [0.1, 0.15) is 11.4 Å². The fourth-order valence-corrected chi connectivity index (χ4v) is 3.04. The first kappa shape index (κ1) is 19.1. The summed E-state index contributed by atoms with van der Waals surface area (Å²) in [5.74, 6) is -0.0288. The summed E-state index contributed by atoms with van der Waals surface area (Å²) < 4.78 is 12.5. The number of esters is 1. The van der Waals surface area contributed by atoms with Crippen LogP contribution in [0.25, 0.3) is 0 Å². The molecule has 0 amide bonds. The molecular weight excluding hydrogens is 342 g/mol. The standard InChI is InChI=1S/C19H22ClNO4/c1-5-21-13(4)17(12(3)18(21)19(23)24-6-2)16(22)11-25-15-9-7-14(20)8-10-15/h7-10H,5-6,11H2,1-4H3. The monoisotopic (exact) mass is 363 g/mol. The molecular formula is C19H22ClNO4. The Bertz CT molecular complexity index is 778. The highest BCUT2D eigenvalue weighted by Crippen LogP contribution is 2.24. The summed E-state index contributed by atoms with van der Waals surface area (Å²) in [5.41, 5.74) is 2.31. The minimum absolute atomic E-state index is 0.112. The molecule has 0 aliphatic carbocycles. The first-order chi connectivity index (χ1) is 11.9.